The topological polar surface area (TPSA) is 65.0 Å². The van der Waals surface area contributed by atoms with Crippen molar-refractivity contribution in [1.29, 1.82) is 0 Å². The van der Waals surface area contributed by atoms with Crippen molar-refractivity contribution in [3.05, 3.63) is 41.2 Å². The van der Waals surface area contributed by atoms with E-state index >= 15 is 0 Å². The van der Waals surface area contributed by atoms with Crippen LogP contribution in [-0.2, 0) is 13.6 Å². The molecule has 0 amide bonds. The summed E-state index contributed by atoms with van der Waals surface area (Å²) in [5.41, 5.74) is 0.623. The number of unbranched alkanes of at least 4 members (excludes halogenated alkanes) is 2. The number of aliphatic hydroxyl groups excluding tert-OH is 1. The first-order valence-electron chi connectivity index (χ1n) is 8.44. The number of benzene rings is 1. The molecule has 136 valence electrons. The highest BCUT2D eigenvalue weighted by atomic mass is 31.2. The summed E-state index contributed by atoms with van der Waals surface area (Å²) in [6, 6.07) is 7.02. The summed E-state index contributed by atoms with van der Waals surface area (Å²) in [6.45, 7) is 6.09. The van der Waals surface area contributed by atoms with Gasteiger partial charge < -0.3 is 18.9 Å². The van der Waals surface area contributed by atoms with E-state index < -0.39 is 13.7 Å². The van der Waals surface area contributed by atoms with Crippen molar-refractivity contribution >= 4 is 7.60 Å². The molecule has 0 aromatic heterocycles. The number of aliphatic hydroxyl groups is 1. The Morgan fingerprint density at radius 1 is 1.17 bits per heavy atom. The molecule has 6 heteroatoms. The molecule has 0 aliphatic heterocycles. The zero-order valence-corrected chi connectivity index (χ0v) is 15.9. The molecule has 1 unspecified atom stereocenters. The van der Waals surface area contributed by atoms with Gasteiger partial charge in [0.2, 0.25) is 0 Å². The monoisotopic (exact) mass is 356 g/mol. The Labute approximate surface area is 145 Å². The van der Waals surface area contributed by atoms with E-state index in [1.54, 1.807) is 51.3 Å². The minimum Gasteiger partial charge on any atom is -0.497 e. The largest absolute Gasteiger partial charge is 0.497 e. The van der Waals surface area contributed by atoms with Crippen LogP contribution in [-0.4, -0.2) is 25.4 Å². The Balaban J connectivity index is 3.19. The van der Waals surface area contributed by atoms with Gasteiger partial charge in [-0.2, -0.15) is 0 Å². The predicted octanol–water partition coefficient (Wildman–Crippen LogP) is 5.07. The Hall–Kier alpha value is -1.13. The molecule has 0 radical (unpaired) electrons. The van der Waals surface area contributed by atoms with Crippen molar-refractivity contribution in [3.8, 4) is 5.75 Å². The third-order valence-corrected chi connectivity index (χ3v) is 5.79. The maximum Gasteiger partial charge on any atom is 0.359 e. The van der Waals surface area contributed by atoms with Gasteiger partial charge in [-0.1, -0.05) is 38.0 Å². The van der Waals surface area contributed by atoms with Crippen LogP contribution < -0.4 is 4.74 Å². The SMILES string of the molecule is CCCC/C=C(/C(O)c1ccc(OC)cc1)P(=O)(OCC)OCC. The molecular weight excluding hydrogens is 327 g/mol. The molecule has 5 nitrogen and oxygen atoms in total. The number of hydrogen-bond acceptors (Lipinski definition) is 5. The Morgan fingerprint density at radius 3 is 2.21 bits per heavy atom. The summed E-state index contributed by atoms with van der Waals surface area (Å²) in [5.74, 6) is 0.695. The lowest BCUT2D eigenvalue weighted by atomic mass is 10.1. The van der Waals surface area contributed by atoms with Crippen molar-refractivity contribution < 1.29 is 23.5 Å². The fourth-order valence-corrected chi connectivity index (χ4v) is 4.16. The molecule has 1 aromatic rings. The molecular formula is C18H29O5P. The van der Waals surface area contributed by atoms with Crippen LogP contribution >= 0.6 is 7.60 Å². The van der Waals surface area contributed by atoms with Crippen LogP contribution in [0.15, 0.2) is 35.7 Å². The quantitative estimate of drug-likeness (QED) is 0.443. The molecule has 1 atom stereocenters. The van der Waals surface area contributed by atoms with Crippen molar-refractivity contribution in [1.82, 2.24) is 0 Å². The van der Waals surface area contributed by atoms with Gasteiger partial charge in [-0.25, -0.2) is 0 Å². The summed E-state index contributed by atoms with van der Waals surface area (Å²) >= 11 is 0. The van der Waals surface area contributed by atoms with Gasteiger partial charge in [-0.05, 0) is 38.0 Å². The minimum atomic E-state index is -3.53. The Bertz CT molecular complexity index is 543. The summed E-state index contributed by atoms with van der Waals surface area (Å²) in [7, 11) is -1.95. The second kappa shape index (κ2) is 10.7. The van der Waals surface area contributed by atoms with E-state index in [1.165, 1.54) is 0 Å². The summed E-state index contributed by atoms with van der Waals surface area (Å²) < 4.78 is 29.1. The summed E-state index contributed by atoms with van der Waals surface area (Å²) in [6.07, 6.45) is 3.41. The maximum atomic E-state index is 13.1. The van der Waals surface area contributed by atoms with Crippen LogP contribution in [0, 0.1) is 0 Å². The zero-order chi connectivity index (χ0) is 18.0. The van der Waals surface area contributed by atoms with Crippen LogP contribution in [0.5, 0.6) is 5.75 Å². The van der Waals surface area contributed by atoms with Gasteiger partial charge in [0.25, 0.3) is 0 Å². The highest BCUT2D eigenvalue weighted by Gasteiger charge is 2.34. The van der Waals surface area contributed by atoms with Crippen molar-refractivity contribution in [3.63, 3.8) is 0 Å². The van der Waals surface area contributed by atoms with Crippen LogP contribution in [0.2, 0.25) is 0 Å². The molecule has 0 heterocycles. The molecule has 0 saturated heterocycles. The first-order valence-corrected chi connectivity index (χ1v) is 9.98. The fourth-order valence-electron chi connectivity index (χ4n) is 2.31. The van der Waals surface area contributed by atoms with Crippen LogP contribution in [0.1, 0.15) is 51.7 Å². The van der Waals surface area contributed by atoms with Gasteiger partial charge in [-0.3, -0.25) is 4.57 Å². The molecule has 0 fully saturated rings. The van der Waals surface area contributed by atoms with E-state index in [1.807, 2.05) is 0 Å². The standard InChI is InChI=1S/C18H29O5P/c1-5-8-9-10-17(24(20,22-6-2)23-7-3)18(19)15-11-13-16(21-4)14-12-15/h10-14,18-19H,5-9H2,1-4H3/b17-10-. The van der Waals surface area contributed by atoms with Gasteiger partial charge in [-0.15, -0.1) is 0 Å². The van der Waals surface area contributed by atoms with Crippen LogP contribution in [0.3, 0.4) is 0 Å². The second-order valence-corrected chi connectivity index (χ2v) is 7.31. The number of allylic oxidation sites excluding steroid dienone is 1. The first kappa shape index (κ1) is 20.9. The van der Waals surface area contributed by atoms with Gasteiger partial charge in [0.15, 0.2) is 0 Å². The average molecular weight is 356 g/mol. The summed E-state index contributed by atoms with van der Waals surface area (Å²) in [4.78, 5) is 0. The maximum absolute atomic E-state index is 13.1. The molecule has 1 rings (SSSR count). The van der Waals surface area contributed by atoms with Crippen molar-refractivity contribution in [2.75, 3.05) is 20.3 Å². The van der Waals surface area contributed by atoms with E-state index in [9.17, 15) is 9.67 Å². The molecule has 0 spiro atoms. The van der Waals surface area contributed by atoms with Gasteiger partial charge in [0.1, 0.15) is 11.9 Å². The third-order valence-electron chi connectivity index (χ3n) is 3.54. The molecule has 1 N–H and O–H groups in total. The van der Waals surface area contributed by atoms with Crippen LogP contribution in [0.25, 0.3) is 0 Å². The van der Waals surface area contributed by atoms with Crippen molar-refractivity contribution in [2.24, 2.45) is 0 Å². The summed E-state index contributed by atoms with van der Waals surface area (Å²) in [5, 5.41) is 11.1. The number of rotatable bonds is 11. The van der Waals surface area contributed by atoms with Crippen molar-refractivity contribution in [2.45, 2.75) is 46.1 Å². The molecule has 0 aliphatic carbocycles. The average Bonchev–Trinajstić information content (AvgIpc) is 2.58. The van der Waals surface area contributed by atoms with E-state index in [0.29, 0.717) is 23.0 Å². The highest BCUT2D eigenvalue weighted by Crippen LogP contribution is 2.60. The zero-order valence-electron chi connectivity index (χ0n) is 15.0. The Kier molecular flexibility index (Phi) is 9.30. The van der Waals surface area contributed by atoms with E-state index in [-0.39, 0.29) is 13.2 Å². The first-order chi connectivity index (χ1) is 11.5. The van der Waals surface area contributed by atoms with Gasteiger partial charge in [0.05, 0.1) is 25.6 Å². The lowest BCUT2D eigenvalue weighted by Gasteiger charge is -2.24. The molecule has 24 heavy (non-hydrogen) atoms. The minimum absolute atomic E-state index is 0.248. The van der Waals surface area contributed by atoms with E-state index in [0.717, 1.165) is 12.8 Å². The van der Waals surface area contributed by atoms with Crippen LogP contribution in [0.4, 0.5) is 0 Å². The highest BCUT2D eigenvalue weighted by molar-refractivity contribution is 7.58. The lowest BCUT2D eigenvalue weighted by Crippen LogP contribution is -2.07. The van der Waals surface area contributed by atoms with E-state index in [4.69, 9.17) is 13.8 Å². The molecule has 1 aromatic carbocycles. The fraction of sp³-hybridized carbons (Fsp3) is 0.556. The third kappa shape index (κ3) is 5.75. The van der Waals surface area contributed by atoms with Gasteiger partial charge >= 0.3 is 7.60 Å². The second-order valence-electron chi connectivity index (χ2n) is 5.28. The lowest BCUT2D eigenvalue weighted by molar-refractivity contribution is 0.192. The van der Waals surface area contributed by atoms with E-state index in [2.05, 4.69) is 6.92 Å². The normalized spacial score (nSPS) is 13.8. The predicted molar refractivity (Wildman–Crippen MR) is 96.4 cm³/mol. The number of ether oxygens (including phenoxy) is 1. The molecule has 0 aliphatic rings. The van der Waals surface area contributed by atoms with Gasteiger partial charge in [0, 0.05) is 0 Å². The molecule has 0 bridgehead atoms. The Morgan fingerprint density at radius 2 is 1.75 bits per heavy atom. The molecule has 0 saturated carbocycles. The number of methoxy groups -OCH3 is 1. The number of hydrogen-bond donors (Lipinski definition) is 1. The smallest absolute Gasteiger partial charge is 0.359 e.